The molecule has 0 bridgehead atoms. The number of rotatable bonds is 4. The van der Waals surface area contributed by atoms with Gasteiger partial charge in [0.1, 0.15) is 0 Å². The van der Waals surface area contributed by atoms with Crippen LogP contribution in [0.4, 0.5) is 5.69 Å². The van der Waals surface area contributed by atoms with Crippen molar-refractivity contribution in [2.24, 2.45) is 11.1 Å². The van der Waals surface area contributed by atoms with Crippen molar-refractivity contribution in [2.75, 3.05) is 19.5 Å². The van der Waals surface area contributed by atoms with Crippen LogP contribution < -0.4 is 20.5 Å². The number of nitrogens with one attached hydrogen (secondary N) is 1. The van der Waals surface area contributed by atoms with Crippen LogP contribution in [0.15, 0.2) is 12.1 Å². The number of halogens is 1. The molecule has 0 heterocycles. The maximum atomic E-state index is 12.1. The molecule has 20 heavy (non-hydrogen) atoms. The van der Waals surface area contributed by atoms with E-state index in [0.29, 0.717) is 22.2 Å². The van der Waals surface area contributed by atoms with Gasteiger partial charge < -0.3 is 20.5 Å². The van der Waals surface area contributed by atoms with E-state index < -0.39 is 6.04 Å². The van der Waals surface area contributed by atoms with Crippen LogP contribution in [0.25, 0.3) is 0 Å². The van der Waals surface area contributed by atoms with Crippen LogP contribution in [0.3, 0.4) is 0 Å². The van der Waals surface area contributed by atoms with Crippen LogP contribution in [0.2, 0.25) is 5.02 Å². The molecule has 0 aliphatic heterocycles. The Balaban J connectivity index is 3.01. The lowest BCUT2D eigenvalue weighted by Gasteiger charge is -2.26. The lowest BCUT2D eigenvalue weighted by Crippen LogP contribution is -2.45. The van der Waals surface area contributed by atoms with Gasteiger partial charge in [0, 0.05) is 12.1 Å². The highest BCUT2D eigenvalue weighted by molar-refractivity contribution is 6.34. The van der Waals surface area contributed by atoms with E-state index in [4.69, 9.17) is 26.8 Å². The number of carbonyl (C=O) groups excluding carboxylic acids is 1. The molecule has 0 spiro atoms. The fraction of sp³-hybridized carbons (Fsp3) is 0.500. The van der Waals surface area contributed by atoms with Gasteiger partial charge in [-0.3, -0.25) is 4.79 Å². The Labute approximate surface area is 124 Å². The standard InChI is InChI=1S/C14H21ClN2O3/c1-14(2,3)12(16)13(18)17-9-7-11(20-5)10(19-4)6-8(9)15/h6-7,12H,16H2,1-5H3,(H,17,18). The first-order chi connectivity index (χ1) is 9.20. The van der Waals surface area contributed by atoms with Crippen LogP contribution in [-0.2, 0) is 4.79 Å². The summed E-state index contributed by atoms with van der Waals surface area (Å²) in [5, 5.41) is 3.07. The third-order valence-electron chi connectivity index (χ3n) is 2.95. The number of amides is 1. The van der Waals surface area contributed by atoms with Crippen LogP contribution >= 0.6 is 11.6 Å². The molecular weight excluding hydrogens is 280 g/mol. The number of methoxy groups -OCH3 is 2. The third-order valence-corrected chi connectivity index (χ3v) is 3.26. The summed E-state index contributed by atoms with van der Waals surface area (Å²) >= 11 is 6.11. The van der Waals surface area contributed by atoms with Gasteiger partial charge in [-0.1, -0.05) is 32.4 Å². The van der Waals surface area contributed by atoms with E-state index in [1.807, 2.05) is 20.8 Å². The molecule has 1 aromatic rings. The van der Waals surface area contributed by atoms with E-state index in [2.05, 4.69) is 5.32 Å². The fourth-order valence-electron chi connectivity index (χ4n) is 1.55. The molecule has 1 rings (SSSR count). The van der Waals surface area contributed by atoms with Crippen molar-refractivity contribution in [1.29, 1.82) is 0 Å². The lowest BCUT2D eigenvalue weighted by molar-refractivity contribution is -0.119. The van der Waals surface area contributed by atoms with Crippen molar-refractivity contribution in [2.45, 2.75) is 26.8 Å². The molecule has 1 amide bonds. The molecule has 0 radical (unpaired) electrons. The first-order valence-corrected chi connectivity index (χ1v) is 6.56. The minimum atomic E-state index is -0.647. The number of carbonyl (C=O) groups is 1. The maximum Gasteiger partial charge on any atom is 0.241 e. The summed E-state index contributed by atoms with van der Waals surface area (Å²) in [7, 11) is 3.03. The molecular formula is C14H21ClN2O3. The summed E-state index contributed by atoms with van der Waals surface area (Å²) in [6, 6.07) is 2.54. The van der Waals surface area contributed by atoms with Crippen molar-refractivity contribution in [3.63, 3.8) is 0 Å². The Morgan fingerprint density at radius 3 is 2.20 bits per heavy atom. The summed E-state index contributed by atoms with van der Waals surface area (Å²) in [6.07, 6.45) is 0. The Hall–Kier alpha value is -1.46. The van der Waals surface area contributed by atoms with Crippen molar-refractivity contribution in [3.05, 3.63) is 17.2 Å². The summed E-state index contributed by atoms with van der Waals surface area (Å²) in [4.78, 5) is 12.1. The van der Waals surface area contributed by atoms with Crippen LogP contribution in [0, 0.1) is 5.41 Å². The Bertz CT molecular complexity index is 498. The zero-order valence-electron chi connectivity index (χ0n) is 12.4. The molecule has 0 aromatic heterocycles. The predicted molar refractivity (Wildman–Crippen MR) is 80.6 cm³/mol. The molecule has 0 aliphatic rings. The average Bonchev–Trinajstić information content (AvgIpc) is 2.38. The molecule has 0 saturated carbocycles. The first kappa shape index (κ1) is 16.6. The van der Waals surface area contributed by atoms with Gasteiger partial charge in [0.15, 0.2) is 11.5 Å². The van der Waals surface area contributed by atoms with Gasteiger partial charge in [-0.05, 0) is 5.41 Å². The number of hydrogen-bond acceptors (Lipinski definition) is 4. The van der Waals surface area contributed by atoms with Crippen molar-refractivity contribution in [1.82, 2.24) is 0 Å². The smallest absolute Gasteiger partial charge is 0.241 e. The zero-order valence-corrected chi connectivity index (χ0v) is 13.2. The quantitative estimate of drug-likeness (QED) is 0.896. The minimum Gasteiger partial charge on any atom is -0.493 e. The summed E-state index contributed by atoms with van der Waals surface area (Å²) < 4.78 is 10.3. The van der Waals surface area contributed by atoms with Gasteiger partial charge in [-0.25, -0.2) is 0 Å². The molecule has 6 heteroatoms. The second-order valence-corrected chi connectivity index (χ2v) is 5.93. The number of nitrogens with two attached hydrogens (primary N) is 1. The molecule has 0 aliphatic carbocycles. The summed E-state index contributed by atoms with van der Waals surface area (Å²) in [6.45, 7) is 5.69. The molecule has 0 fully saturated rings. The highest BCUT2D eigenvalue weighted by atomic mass is 35.5. The molecule has 3 N–H and O–H groups in total. The van der Waals surface area contributed by atoms with Gasteiger partial charge in [0.2, 0.25) is 5.91 Å². The van der Waals surface area contributed by atoms with Gasteiger partial charge in [-0.2, -0.15) is 0 Å². The van der Waals surface area contributed by atoms with Gasteiger partial charge in [0.25, 0.3) is 0 Å². The third kappa shape index (κ3) is 3.77. The zero-order chi connectivity index (χ0) is 15.5. The second-order valence-electron chi connectivity index (χ2n) is 5.52. The van der Waals surface area contributed by atoms with Gasteiger partial charge in [0.05, 0.1) is 31.0 Å². The molecule has 1 unspecified atom stereocenters. The van der Waals surface area contributed by atoms with E-state index in [1.54, 1.807) is 12.1 Å². The predicted octanol–water partition coefficient (Wildman–Crippen LogP) is 2.67. The molecule has 112 valence electrons. The Morgan fingerprint density at radius 2 is 1.75 bits per heavy atom. The minimum absolute atomic E-state index is 0.299. The van der Waals surface area contributed by atoms with Crippen LogP contribution in [0.1, 0.15) is 20.8 Å². The fourth-order valence-corrected chi connectivity index (χ4v) is 1.75. The monoisotopic (exact) mass is 300 g/mol. The van der Waals surface area contributed by atoms with Gasteiger partial charge in [-0.15, -0.1) is 0 Å². The Morgan fingerprint density at radius 1 is 1.25 bits per heavy atom. The van der Waals surface area contributed by atoms with Crippen molar-refractivity contribution < 1.29 is 14.3 Å². The number of hydrogen-bond donors (Lipinski definition) is 2. The number of ether oxygens (including phenoxy) is 2. The summed E-state index contributed by atoms with van der Waals surface area (Å²) in [5.41, 5.74) is 6.01. The van der Waals surface area contributed by atoms with E-state index >= 15 is 0 Å². The van der Waals surface area contributed by atoms with E-state index in [9.17, 15) is 4.79 Å². The second kappa shape index (κ2) is 6.33. The maximum absolute atomic E-state index is 12.1. The van der Waals surface area contributed by atoms with Crippen molar-refractivity contribution in [3.8, 4) is 11.5 Å². The normalized spacial score (nSPS) is 12.8. The largest absolute Gasteiger partial charge is 0.493 e. The number of benzene rings is 1. The molecule has 0 saturated heterocycles. The van der Waals surface area contributed by atoms with E-state index in [1.165, 1.54) is 14.2 Å². The number of anilines is 1. The van der Waals surface area contributed by atoms with Gasteiger partial charge >= 0.3 is 0 Å². The van der Waals surface area contributed by atoms with Crippen LogP contribution in [-0.4, -0.2) is 26.2 Å². The highest BCUT2D eigenvalue weighted by Crippen LogP contribution is 2.36. The molecule has 1 aromatic carbocycles. The van der Waals surface area contributed by atoms with Crippen molar-refractivity contribution >= 4 is 23.2 Å². The summed E-state index contributed by atoms with van der Waals surface area (Å²) in [5.74, 6) is 0.679. The van der Waals surface area contributed by atoms with Crippen LogP contribution in [0.5, 0.6) is 11.5 Å². The topological polar surface area (TPSA) is 73.6 Å². The molecule has 1 atom stereocenters. The van der Waals surface area contributed by atoms with E-state index in [-0.39, 0.29) is 11.3 Å². The lowest BCUT2D eigenvalue weighted by atomic mass is 9.87. The average molecular weight is 301 g/mol. The Kier molecular flexibility index (Phi) is 5.25. The molecule has 5 nitrogen and oxygen atoms in total. The first-order valence-electron chi connectivity index (χ1n) is 6.18. The SMILES string of the molecule is COc1cc(Cl)c(NC(=O)C(N)C(C)(C)C)cc1OC. The highest BCUT2D eigenvalue weighted by Gasteiger charge is 2.28. The van der Waals surface area contributed by atoms with E-state index in [0.717, 1.165) is 0 Å².